The maximum Gasteiger partial charge on any atom is 0.410 e. The highest BCUT2D eigenvalue weighted by Gasteiger charge is 2.47. The summed E-state index contributed by atoms with van der Waals surface area (Å²) in [5, 5.41) is 0. The predicted molar refractivity (Wildman–Crippen MR) is 114 cm³/mol. The fourth-order valence-electron chi connectivity index (χ4n) is 3.97. The molecule has 2 aliphatic heterocycles. The number of ether oxygens (including phenoxy) is 4. The van der Waals surface area contributed by atoms with Crippen molar-refractivity contribution in [2.75, 3.05) is 39.9 Å². The Morgan fingerprint density at radius 3 is 2.32 bits per heavy atom. The number of likely N-dealkylation sites (tertiary alicyclic amines) is 1. The lowest BCUT2D eigenvalue weighted by molar-refractivity contribution is -0.210. The average Bonchev–Trinajstić information content (AvgIpc) is 3.21. The van der Waals surface area contributed by atoms with E-state index >= 15 is 0 Å². The largest absolute Gasteiger partial charge is 0.445 e. The van der Waals surface area contributed by atoms with E-state index in [1.54, 1.807) is 11.9 Å². The van der Waals surface area contributed by atoms with E-state index in [0.29, 0.717) is 39.1 Å². The molecule has 0 spiro atoms. The molecule has 2 heterocycles. The van der Waals surface area contributed by atoms with Gasteiger partial charge in [0.05, 0.1) is 19.8 Å². The number of hydrogen-bond acceptors (Lipinski definition) is 6. The molecule has 1 aromatic carbocycles. The number of hydrogen-bond donors (Lipinski definition) is 0. The highest BCUT2D eigenvalue weighted by Crippen LogP contribution is 2.36. The van der Waals surface area contributed by atoms with E-state index in [1.165, 1.54) is 4.90 Å². The smallest absolute Gasteiger partial charge is 0.410 e. The lowest BCUT2D eigenvalue weighted by atomic mass is 9.88. The number of carbonyl (C=O) groups is 2. The molecule has 0 bridgehead atoms. The van der Waals surface area contributed by atoms with Gasteiger partial charge in [0.2, 0.25) is 0 Å². The van der Waals surface area contributed by atoms with Crippen LogP contribution >= 0.6 is 0 Å². The minimum Gasteiger partial charge on any atom is -0.445 e. The van der Waals surface area contributed by atoms with Crippen LogP contribution in [0.5, 0.6) is 0 Å². The maximum atomic E-state index is 12.5. The van der Waals surface area contributed by atoms with Crippen LogP contribution in [-0.2, 0) is 25.6 Å². The number of rotatable bonds is 5. The summed E-state index contributed by atoms with van der Waals surface area (Å²) in [6.45, 7) is 8.15. The van der Waals surface area contributed by atoms with Gasteiger partial charge in [0.1, 0.15) is 12.2 Å². The Hall–Kier alpha value is -2.32. The second kappa shape index (κ2) is 9.87. The van der Waals surface area contributed by atoms with Crippen molar-refractivity contribution in [3.8, 4) is 0 Å². The quantitative estimate of drug-likeness (QED) is 0.704. The number of carbonyl (C=O) groups excluding carboxylic acids is 2. The molecule has 2 saturated heterocycles. The van der Waals surface area contributed by atoms with Crippen molar-refractivity contribution in [2.45, 2.75) is 51.6 Å². The van der Waals surface area contributed by atoms with Gasteiger partial charge in [-0.2, -0.15) is 0 Å². The molecule has 2 aliphatic rings. The molecule has 2 fully saturated rings. The van der Waals surface area contributed by atoms with E-state index in [2.05, 4.69) is 0 Å². The van der Waals surface area contributed by atoms with Gasteiger partial charge in [-0.05, 0) is 39.2 Å². The Morgan fingerprint density at radius 1 is 1.13 bits per heavy atom. The Labute approximate surface area is 184 Å². The van der Waals surface area contributed by atoms with E-state index in [-0.39, 0.29) is 25.2 Å². The molecule has 172 valence electrons. The minimum absolute atomic E-state index is 0.0676. The van der Waals surface area contributed by atoms with Gasteiger partial charge >= 0.3 is 12.2 Å². The first kappa shape index (κ1) is 23.3. The monoisotopic (exact) mass is 434 g/mol. The van der Waals surface area contributed by atoms with Crippen LogP contribution in [0.25, 0.3) is 0 Å². The topological polar surface area (TPSA) is 77.5 Å². The maximum absolute atomic E-state index is 12.5. The molecule has 8 nitrogen and oxygen atoms in total. The summed E-state index contributed by atoms with van der Waals surface area (Å²) in [7, 11) is 1.69. The predicted octanol–water partition coefficient (Wildman–Crippen LogP) is 3.65. The molecule has 0 aliphatic carbocycles. The number of nitrogens with zero attached hydrogens (tertiary/aromatic N) is 2. The molecule has 0 aromatic heterocycles. The number of amides is 2. The lowest BCUT2D eigenvalue weighted by Crippen LogP contribution is -2.54. The normalized spacial score (nSPS) is 19.2. The van der Waals surface area contributed by atoms with Gasteiger partial charge in [0.15, 0.2) is 5.79 Å². The first-order valence-corrected chi connectivity index (χ1v) is 10.9. The third-order valence-electron chi connectivity index (χ3n) is 5.52. The Morgan fingerprint density at radius 2 is 1.74 bits per heavy atom. The zero-order chi connectivity index (χ0) is 22.5. The van der Waals surface area contributed by atoms with Crippen LogP contribution < -0.4 is 0 Å². The summed E-state index contributed by atoms with van der Waals surface area (Å²) in [6, 6.07) is 9.63. The van der Waals surface area contributed by atoms with Crippen molar-refractivity contribution < 1.29 is 28.5 Å². The van der Waals surface area contributed by atoms with Crippen LogP contribution in [0.2, 0.25) is 0 Å². The molecule has 0 unspecified atom stereocenters. The van der Waals surface area contributed by atoms with Crippen molar-refractivity contribution in [1.29, 1.82) is 0 Å². The Bertz CT molecular complexity index is 734. The van der Waals surface area contributed by atoms with Crippen LogP contribution in [0.1, 0.15) is 39.2 Å². The first-order valence-electron chi connectivity index (χ1n) is 10.9. The van der Waals surface area contributed by atoms with Crippen molar-refractivity contribution in [3.05, 3.63) is 35.9 Å². The van der Waals surface area contributed by atoms with Gasteiger partial charge in [0, 0.05) is 26.1 Å². The fourth-order valence-corrected chi connectivity index (χ4v) is 3.97. The molecule has 0 saturated carbocycles. The molecular formula is C23H34N2O6. The number of piperidine rings is 1. The van der Waals surface area contributed by atoms with Gasteiger partial charge in [-0.3, -0.25) is 0 Å². The highest BCUT2D eigenvalue weighted by molar-refractivity contribution is 5.68. The standard InChI is InChI=1S/C23H34N2O6/c1-22(2,3)31-20(26)24(4)17-23(29-14-15-30-23)19-10-12-25(13-11-19)21(27)28-16-18-8-6-5-7-9-18/h5-9,19H,10-17H2,1-4H3. The van der Waals surface area contributed by atoms with Gasteiger partial charge in [-0.25, -0.2) is 9.59 Å². The summed E-state index contributed by atoms with van der Waals surface area (Å²) < 4.78 is 23.0. The third-order valence-corrected chi connectivity index (χ3v) is 5.52. The van der Waals surface area contributed by atoms with E-state index in [4.69, 9.17) is 18.9 Å². The van der Waals surface area contributed by atoms with Crippen LogP contribution in [0.4, 0.5) is 9.59 Å². The molecule has 0 atom stereocenters. The van der Waals surface area contributed by atoms with Crippen molar-refractivity contribution in [2.24, 2.45) is 5.92 Å². The molecule has 0 radical (unpaired) electrons. The molecule has 0 N–H and O–H groups in total. The zero-order valence-electron chi connectivity index (χ0n) is 19.0. The highest BCUT2D eigenvalue weighted by atomic mass is 16.7. The van der Waals surface area contributed by atoms with Gasteiger partial charge in [-0.1, -0.05) is 30.3 Å². The van der Waals surface area contributed by atoms with Gasteiger partial charge < -0.3 is 28.7 Å². The van der Waals surface area contributed by atoms with Crippen molar-refractivity contribution in [1.82, 2.24) is 9.80 Å². The van der Waals surface area contributed by atoms with Crippen LogP contribution in [0.15, 0.2) is 30.3 Å². The second-order valence-electron chi connectivity index (χ2n) is 9.15. The second-order valence-corrected chi connectivity index (χ2v) is 9.15. The molecule has 31 heavy (non-hydrogen) atoms. The van der Waals surface area contributed by atoms with Crippen molar-refractivity contribution >= 4 is 12.2 Å². The summed E-state index contributed by atoms with van der Waals surface area (Å²) >= 11 is 0. The molecular weight excluding hydrogens is 400 g/mol. The van der Waals surface area contributed by atoms with E-state index in [9.17, 15) is 9.59 Å². The van der Waals surface area contributed by atoms with Gasteiger partial charge in [0.25, 0.3) is 0 Å². The minimum atomic E-state index is -0.869. The summed E-state index contributed by atoms with van der Waals surface area (Å²) in [5.41, 5.74) is 0.393. The fraction of sp³-hybridized carbons (Fsp3) is 0.652. The summed E-state index contributed by atoms with van der Waals surface area (Å²) in [5.74, 6) is -0.802. The van der Waals surface area contributed by atoms with Crippen LogP contribution in [-0.4, -0.2) is 73.3 Å². The van der Waals surface area contributed by atoms with Crippen LogP contribution in [0, 0.1) is 5.92 Å². The molecule has 3 rings (SSSR count). The van der Waals surface area contributed by atoms with E-state index in [1.807, 2.05) is 51.1 Å². The molecule has 1 aromatic rings. The molecule has 8 heteroatoms. The number of benzene rings is 1. The van der Waals surface area contributed by atoms with Crippen molar-refractivity contribution in [3.63, 3.8) is 0 Å². The zero-order valence-corrected chi connectivity index (χ0v) is 19.0. The number of likely N-dealkylation sites (N-methyl/N-ethyl adjacent to an activating group) is 1. The third kappa shape index (κ3) is 6.33. The SMILES string of the molecule is CN(CC1(C2CCN(C(=O)OCc3ccccc3)CC2)OCCO1)C(=O)OC(C)(C)C. The summed E-state index contributed by atoms with van der Waals surface area (Å²) in [6.07, 6.45) is 0.703. The Kier molecular flexibility index (Phi) is 7.43. The van der Waals surface area contributed by atoms with E-state index < -0.39 is 17.5 Å². The van der Waals surface area contributed by atoms with Gasteiger partial charge in [-0.15, -0.1) is 0 Å². The summed E-state index contributed by atoms with van der Waals surface area (Å²) in [4.78, 5) is 28.1. The first-order chi connectivity index (χ1) is 14.7. The Balaban J connectivity index is 1.53. The molecule has 2 amide bonds. The lowest BCUT2D eigenvalue weighted by Gasteiger charge is -2.42. The average molecular weight is 435 g/mol. The van der Waals surface area contributed by atoms with E-state index in [0.717, 1.165) is 5.56 Å². The van der Waals surface area contributed by atoms with Crippen LogP contribution in [0.3, 0.4) is 0 Å².